The second-order valence-corrected chi connectivity index (χ2v) is 5.87. The number of likely N-dealkylation sites (tertiary alicyclic amines) is 1. The van der Waals surface area contributed by atoms with Crippen LogP contribution in [0.2, 0.25) is 0 Å². The first kappa shape index (κ1) is 17.4. The highest BCUT2D eigenvalue weighted by Crippen LogP contribution is 2.23. The van der Waals surface area contributed by atoms with Crippen LogP contribution in [0.15, 0.2) is 24.3 Å². The van der Waals surface area contributed by atoms with Crippen molar-refractivity contribution in [1.29, 1.82) is 0 Å². The summed E-state index contributed by atoms with van der Waals surface area (Å²) in [7, 11) is 0. The van der Waals surface area contributed by atoms with E-state index in [-0.39, 0.29) is 18.9 Å². The molecule has 5 nitrogen and oxygen atoms in total. The van der Waals surface area contributed by atoms with Gasteiger partial charge in [0.15, 0.2) is 0 Å². The molecular formula is C17H24FN3O2. The molecule has 2 amide bonds. The van der Waals surface area contributed by atoms with Gasteiger partial charge in [-0.1, -0.05) is 26.0 Å². The van der Waals surface area contributed by atoms with Crippen molar-refractivity contribution in [3.8, 4) is 0 Å². The molecule has 1 aromatic rings. The number of benzene rings is 1. The molecule has 0 spiro atoms. The fraction of sp³-hybridized carbons (Fsp3) is 0.529. The van der Waals surface area contributed by atoms with E-state index in [0.29, 0.717) is 5.56 Å². The van der Waals surface area contributed by atoms with E-state index in [2.05, 4.69) is 18.7 Å². The molecule has 0 bridgehead atoms. The molecule has 0 radical (unpaired) electrons. The molecule has 0 aromatic heterocycles. The van der Waals surface area contributed by atoms with Crippen LogP contribution in [-0.4, -0.2) is 53.5 Å². The SMILES string of the molecule is CCN(CC)Cc1ccc(C(=O)N2C[C@H](F)C[C@H]2C(N)=O)cc1. The third kappa shape index (κ3) is 4.07. The molecule has 126 valence electrons. The van der Waals surface area contributed by atoms with Gasteiger partial charge in [-0.25, -0.2) is 4.39 Å². The molecule has 6 heteroatoms. The fourth-order valence-electron chi connectivity index (χ4n) is 2.90. The van der Waals surface area contributed by atoms with Gasteiger partial charge in [-0.2, -0.15) is 0 Å². The van der Waals surface area contributed by atoms with E-state index < -0.39 is 18.1 Å². The topological polar surface area (TPSA) is 66.6 Å². The molecule has 1 saturated heterocycles. The number of carbonyl (C=O) groups excluding carboxylic acids is 2. The van der Waals surface area contributed by atoms with E-state index in [1.165, 1.54) is 4.90 Å². The summed E-state index contributed by atoms with van der Waals surface area (Å²) < 4.78 is 13.5. The summed E-state index contributed by atoms with van der Waals surface area (Å²) in [5.41, 5.74) is 6.84. The van der Waals surface area contributed by atoms with E-state index in [0.717, 1.165) is 25.2 Å². The van der Waals surface area contributed by atoms with E-state index in [9.17, 15) is 14.0 Å². The van der Waals surface area contributed by atoms with Crippen molar-refractivity contribution in [3.63, 3.8) is 0 Å². The number of nitrogens with zero attached hydrogens (tertiary/aromatic N) is 2. The minimum absolute atomic E-state index is 0.0128. The molecule has 1 aromatic carbocycles. The predicted molar refractivity (Wildman–Crippen MR) is 86.6 cm³/mol. The summed E-state index contributed by atoms with van der Waals surface area (Å²) >= 11 is 0. The Morgan fingerprint density at radius 3 is 2.39 bits per heavy atom. The van der Waals surface area contributed by atoms with Gasteiger partial charge in [0.05, 0.1) is 6.54 Å². The molecule has 1 aliphatic rings. The number of halogens is 1. The Morgan fingerprint density at radius 2 is 1.87 bits per heavy atom. The van der Waals surface area contributed by atoms with E-state index in [4.69, 9.17) is 5.73 Å². The molecule has 23 heavy (non-hydrogen) atoms. The molecule has 1 aliphatic heterocycles. The van der Waals surface area contributed by atoms with Crippen LogP contribution in [0.5, 0.6) is 0 Å². The summed E-state index contributed by atoms with van der Waals surface area (Å²) in [5, 5.41) is 0. The van der Waals surface area contributed by atoms with Crippen molar-refractivity contribution in [2.24, 2.45) is 5.73 Å². The van der Waals surface area contributed by atoms with E-state index in [1.807, 2.05) is 12.1 Å². The van der Waals surface area contributed by atoms with Crippen molar-refractivity contribution in [2.75, 3.05) is 19.6 Å². The van der Waals surface area contributed by atoms with Crippen LogP contribution in [0, 0.1) is 0 Å². The highest BCUT2D eigenvalue weighted by Gasteiger charge is 2.38. The number of alkyl halides is 1. The average Bonchev–Trinajstić information content (AvgIpc) is 2.94. The maximum Gasteiger partial charge on any atom is 0.254 e. The van der Waals surface area contributed by atoms with E-state index >= 15 is 0 Å². The van der Waals surface area contributed by atoms with Crippen LogP contribution >= 0.6 is 0 Å². The molecule has 0 saturated carbocycles. The Hall–Kier alpha value is -1.95. The summed E-state index contributed by atoms with van der Waals surface area (Å²) in [6.45, 7) is 6.87. The third-order valence-corrected chi connectivity index (χ3v) is 4.34. The zero-order chi connectivity index (χ0) is 17.0. The monoisotopic (exact) mass is 321 g/mol. The van der Waals surface area contributed by atoms with Gasteiger partial charge in [0.2, 0.25) is 5.91 Å². The minimum Gasteiger partial charge on any atom is -0.368 e. The summed E-state index contributed by atoms with van der Waals surface area (Å²) in [6, 6.07) is 6.39. The lowest BCUT2D eigenvalue weighted by molar-refractivity contribution is -0.121. The van der Waals surface area contributed by atoms with E-state index in [1.54, 1.807) is 12.1 Å². The number of carbonyl (C=O) groups is 2. The average molecular weight is 321 g/mol. The largest absolute Gasteiger partial charge is 0.368 e. The van der Waals surface area contributed by atoms with Gasteiger partial charge in [0.1, 0.15) is 12.2 Å². The number of amides is 2. The first-order chi connectivity index (χ1) is 11.0. The Labute approximate surface area is 136 Å². The zero-order valence-electron chi connectivity index (χ0n) is 13.7. The van der Waals surface area contributed by atoms with Crippen LogP contribution in [0.25, 0.3) is 0 Å². The summed E-state index contributed by atoms with van der Waals surface area (Å²) in [4.78, 5) is 27.4. The van der Waals surface area contributed by atoms with Crippen molar-refractivity contribution in [2.45, 2.75) is 39.0 Å². The maximum absolute atomic E-state index is 13.5. The second kappa shape index (κ2) is 7.55. The highest BCUT2D eigenvalue weighted by molar-refractivity contribution is 5.97. The van der Waals surface area contributed by atoms with Crippen molar-refractivity contribution in [3.05, 3.63) is 35.4 Å². The zero-order valence-corrected chi connectivity index (χ0v) is 13.7. The summed E-state index contributed by atoms with van der Waals surface area (Å²) in [6.07, 6.45) is -1.21. The smallest absolute Gasteiger partial charge is 0.254 e. The number of hydrogen-bond acceptors (Lipinski definition) is 3. The molecule has 0 unspecified atom stereocenters. The standard InChI is InChI=1S/C17H24FN3O2/c1-3-20(4-2)10-12-5-7-13(8-6-12)17(23)21-11-14(18)9-15(21)16(19)22/h5-8,14-15H,3-4,9-11H2,1-2H3,(H2,19,22)/t14-,15+/m1/s1. The lowest BCUT2D eigenvalue weighted by atomic mass is 10.1. The van der Waals surface area contributed by atoms with Gasteiger partial charge in [0.25, 0.3) is 5.91 Å². The van der Waals surface area contributed by atoms with Crippen molar-refractivity contribution >= 4 is 11.8 Å². The fourth-order valence-corrected chi connectivity index (χ4v) is 2.90. The molecule has 1 heterocycles. The quantitative estimate of drug-likeness (QED) is 0.865. The second-order valence-electron chi connectivity index (χ2n) is 5.87. The molecular weight excluding hydrogens is 297 g/mol. The van der Waals surface area contributed by atoms with Crippen LogP contribution in [0.4, 0.5) is 4.39 Å². The first-order valence-electron chi connectivity index (χ1n) is 8.01. The Bertz CT molecular complexity index is 557. The van der Waals surface area contributed by atoms with Gasteiger partial charge in [-0.3, -0.25) is 14.5 Å². The Morgan fingerprint density at radius 1 is 1.26 bits per heavy atom. The minimum atomic E-state index is -1.20. The lowest BCUT2D eigenvalue weighted by Gasteiger charge is -2.22. The van der Waals surface area contributed by atoms with Crippen LogP contribution in [-0.2, 0) is 11.3 Å². The lowest BCUT2D eigenvalue weighted by Crippen LogP contribution is -2.43. The van der Waals surface area contributed by atoms with Gasteiger partial charge in [-0.15, -0.1) is 0 Å². The summed E-state index contributed by atoms with van der Waals surface area (Å²) in [5.74, 6) is -1.00. The molecule has 0 aliphatic carbocycles. The van der Waals surface area contributed by atoms with Gasteiger partial charge in [0, 0.05) is 18.5 Å². The van der Waals surface area contributed by atoms with Gasteiger partial charge < -0.3 is 10.6 Å². The first-order valence-corrected chi connectivity index (χ1v) is 8.01. The Balaban J connectivity index is 2.09. The van der Waals surface area contributed by atoms with Gasteiger partial charge in [-0.05, 0) is 30.8 Å². The number of rotatable bonds is 6. The predicted octanol–water partition coefficient (Wildman–Crippen LogP) is 1.57. The molecule has 1 fully saturated rings. The molecule has 2 atom stereocenters. The van der Waals surface area contributed by atoms with Crippen LogP contribution in [0.1, 0.15) is 36.2 Å². The van der Waals surface area contributed by atoms with Crippen LogP contribution < -0.4 is 5.73 Å². The molecule has 2 N–H and O–H groups in total. The van der Waals surface area contributed by atoms with Crippen molar-refractivity contribution < 1.29 is 14.0 Å². The van der Waals surface area contributed by atoms with Gasteiger partial charge >= 0.3 is 0 Å². The highest BCUT2D eigenvalue weighted by atomic mass is 19.1. The normalized spacial score (nSPS) is 21.0. The number of nitrogens with two attached hydrogens (primary N) is 1. The van der Waals surface area contributed by atoms with Crippen LogP contribution in [0.3, 0.4) is 0 Å². The number of primary amides is 1. The molecule has 2 rings (SSSR count). The Kier molecular flexibility index (Phi) is 5.71. The number of hydrogen-bond donors (Lipinski definition) is 1. The maximum atomic E-state index is 13.5. The third-order valence-electron chi connectivity index (χ3n) is 4.34. The van der Waals surface area contributed by atoms with Crippen molar-refractivity contribution in [1.82, 2.24) is 9.80 Å².